The molecule has 0 atom stereocenters. The van der Waals surface area contributed by atoms with E-state index in [-0.39, 0.29) is 6.10 Å². The number of rotatable bonds is 4. The van der Waals surface area contributed by atoms with Crippen molar-refractivity contribution in [2.75, 3.05) is 11.1 Å². The molecule has 0 aromatic heterocycles. The minimum absolute atomic E-state index is 0.0982. The second-order valence-electron chi connectivity index (χ2n) is 5.01. The number of aryl methyl sites for hydroxylation is 1. The van der Waals surface area contributed by atoms with Gasteiger partial charge in [-0.05, 0) is 50.6 Å². The monoisotopic (exact) mass is 334 g/mol. The maximum atomic E-state index is 5.91. The van der Waals surface area contributed by atoms with Gasteiger partial charge in [-0.3, -0.25) is 0 Å². The zero-order valence-corrected chi connectivity index (χ0v) is 13.5. The summed E-state index contributed by atoms with van der Waals surface area (Å²) in [4.78, 5) is 0. The number of anilines is 3. The number of benzene rings is 2. The van der Waals surface area contributed by atoms with Gasteiger partial charge in [0.05, 0.1) is 11.8 Å². The van der Waals surface area contributed by atoms with Gasteiger partial charge in [0.2, 0.25) is 0 Å². The Hall–Kier alpha value is -1.68. The van der Waals surface area contributed by atoms with E-state index in [9.17, 15) is 0 Å². The first-order valence-electron chi connectivity index (χ1n) is 6.55. The van der Waals surface area contributed by atoms with Crippen molar-refractivity contribution in [3.05, 3.63) is 46.4 Å². The van der Waals surface area contributed by atoms with E-state index in [1.165, 1.54) is 5.56 Å². The fraction of sp³-hybridized carbons (Fsp3) is 0.250. The van der Waals surface area contributed by atoms with Crippen LogP contribution in [-0.2, 0) is 0 Å². The van der Waals surface area contributed by atoms with Crippen LogP contribution in [0.5, 0.6) is 5.75 Å². The highest BCUT2D eigenvalue weighted by Gasteiger charge is 2.05. The van der Waals surface area contributed by atoms with Crippen LogP contribution >= 0.6 is 15.9 Å². The molecule has 3 N–H and O–H groups in total. The molecule has 0 aliphatic carbocycles. The van der Waals surface area contributed by atoms with Crippen molar-refractivity contribution < 1.29 is 4.74 Å². The summed E-state index contributed by atoms with van der Waals surface area (Å²) in [7, 11) is 0. The van der Waals surface area contributed by atoms with Gasteiger partial charge >= 0.3 is 0 Å². The van der Waals surface area contributed by atoms with E-state index in [1.807, 2.05) is 38.1 Å². The Morgan fingerprint density at radius 1 is 1.10 bits per heavy atom. The van der Waals surface area contributed by atoms with E-state index in [0.717, 1.165) is 15.8 Å². The van der Waals surface area contributed by atoms with E-state index in [0.29, 0.717) is 11.4 Å². The zero-order chi connectivity index (χ0) is 14.7. The third-order valence-electron chi connectivity index (χ3n) is 2.84. The number of nitrogens with two attached hydrogens (primary N) is 1. The van der Waals surface area contributed by atoms with E-state index in [2.05, 4.69) is 40.3 Å². The number of ether oxygens (including phenoxy) is 1. The van der Waals surface area contributed by atoms with Crippen molar-refractivity contribution in [2.45, 2.75) is 26.9 Å². The van der Waals surface area contributed by atoms with Crippen LogP contribution in [0.4, 0.5) is 17.1 Å². The van der Waals surface area contributed by atoms with Crippen LogP contribution in [0, 0.1) is 6.92 Å². The average Bonchev–Trinajstić information content (AvgIpc) is 2.37. The van der Waals surface area contributed by atoms with Crippen LogP contribution in [0.3, 0.4) is 0 Å². The van der Waals surface area contributed by atoms with Crippen molar-refractivity contribution in [3.8, 4) is 5.75 Å². The van der Waals surface area contributed by atoms with Crippen molar-refractivity contribution in [2.24, 2.45) is 0 Å². The van der Waals surface area contributed by atoms with Crippen molar-refractivity contribution in [1.29, 1.82) is 0 Å². The van der Waals surface area contributed by atoms with Crippen molar-refractivity contribution in [1.82, 2.24) is 0 Å². The summed E-state index contributed by atoms with van der Waals surface area (Å²) in [5.41, 5.74) is 9.73. The van der Waals surface area contributed by atoms with Gasteiger partial charge < -0.3 is 15.8 Å². The molecule has 2 aromatic rings. The van der Waals surface area contributed by atoms with Crippen LogP contribution in [0.2, 0.25) is 0 Å². The Morgan fingerprint density at radius 3 is 2.40 bits per heavy atom. The molecule has 20 heavy (non-hydrogen) atoms. The van der Waals surface area contributed by atoms with Crippen molar-refractivity contribution >= 4 is 33.0 Å². The molecule has 0 saturated carbocycles. The molecule has 0 heterocycles. The molecular formula is C16H19BrN2O. The minimum Gasteiger partial charge on any atom is -0.489 e. The number of nitrogens with one attached hydrogen (secondary N) is 1. The van der Waals surface area contributed by atoms with Gasteiger partial charge in [0.1, 0.15) is 5.75 Å². The predicted octanol–water partition coefficient (Wildman–Crippen LogP) is 4.87. The summed E-state index contributed by atoms with van der Waals surface area (Å²) in [5.74, 6) is 0.705. The van der Waals surface area contributed by atoms with Crippen LogP contribution in [0.15, 0.2) is 40.9 Å². The molecule has 0 bridgehead atoms. The molecule has 106 valence electrons. The molecule has 0 spiro atoms. The molecular weight excluding hydrogens is 316 g/mol. The number of hydrogen-bond acceptors (Lipinski definition) is 3. The van der Waals surface area contributed by atoms with Gasteiger partial charge in [0.25, 0.3) is 0 Å². The van der Waals surface area contributed by atoms with Crippen LogP contribution < -0.4 is 15.8 Å². The predicted molar refractivity (Wildman–Crippen MR) is 88.8 cm³/mol. The SMILES string of the molecule is Cc1ccc(Nc2ccc(N)c(OC(C)C)c2)cc1Br. The van der Waals surface area contributed by atoms with Crippen LogP contribution in [-0.4, -0.2) is 6.10 Å². The number of nitrogen functional groups attached to an aromatic ring is 1. The van der Waals surface area contributed by atoms with Gasteiger partial charge in [-0.15, -0.1) is 0 Å². The lowest BCUT2D eigenvalue weighted by atomic mass is 10.2. The van der Waals surface area contributed by atoms with E-state index < -0.39 is 0 Å². The maximum absolute atomic E-state index is 5.91. The average molecular weight is 335 g/mol. The second kappa shape index (κ2) is 6.18. The quantitative estimate of drug-likeness (QED) is 0.784. The summed E-state index contributed by atoms with van der Waals surface area (Å²) in [6, 6.07) is 11.9. The topological polar surface area (TPSA) is 47.3 Å². The normalized spacial score (nSPS) is 10.7. The third-order valence-corrected chi connectivity index (χ3v) is 3.69. The zero-order valence-electron chi connectivity index (χ0n) is 11.9. The van der Waals surface area contributed by atoms with Gasteiger partial charge in [0, 0.05) is 21.9 Å². The van der Waals surface area contributed by atoms with Gasteiger partial charge in [0.15, 0.2) is 0 Å². The summed E-state index contributed by atoms with van der Waals surface area (Å²) in [6.45, 7) is 6.03. The Bertz CT molecular complexity index is 611. The summed E-state index contributed by atoms with van der Waals surface area (Å²) >= 11 is 3.53. The standard InChI is InChI=1S/C16H19BrN2O/c1-10(2)20-16-9-13(6-7-15(16)18)19-12-5-4-11(3)14(17)8-12/h4-10,19H,18H2,1-3H3. The lowest BCUT2D eigenvalue weighted by Crippen LogP contribution is -2.07. The largest absolute Gasteiger partial charge is 0.489 e. The van der Waals surface area contributed by atoms with Gasteiger partial charge in [-0.25, -0.2) is 0 Å². The first-order chi connectivity index (χ1) is 9.45. The first-order valence-corrected chi connectivity index (χ1v) is 7.34. The maximum Gasteiger partial charge on any atom is 0.144 e. The number of hydrogen-bond donors (Lipinski definition) is 2. The molecule has 0 aliphatic heterocycles. The highest BCUT2D eigenvalue weighted by molar-refractivity contribution is 9.10. The lowest BCUT2D eigenvalue weighted by Gasteiger charge is -2.14. The molecule has 0 radical (unpaired) electrons. The second-order valence-corrected chi connectivity index (χ2v) is 5.86. The number of halogens is 1. The molecule has 2 rings (SSSR count). The Kier molecular flexibility index (Phi) is 4.55. The molecule has 3 nitrogen and oxygen atoms in total. The van der Waals surface area contributed by atoms with Gasteiger partial charge in [-0.1, -0.05) is 22.0 Å². The highest BCUT2D eigenvalue weighted by Crippen LogP contribution is 2.29. The molecule has 0 fully saturated rings. The van der Waals surface area contributed by atoms with Crippen molar-refractivity contribution in [3.63, 3.8) is 0 Å². The van der Waals surface area contributed by atoms with E-state index in [4.69, 9.17) is 10.5 Å². The highest BCUT2D eigenvalue weighted by atomic mass is 79.9. The molecule has 0 saturated heterocycles. The third kappa shape index (κ3) is 3.67. The summed E-state index contributed by atoms with van der Waals surface area (Å²) in [5, 5.41) is 3.35. The fourth-order valence-electron chi connectivity index (χ4n) is 1.81. The van der Waals surface area contributed by atoms with E-state index >= 15 is 0 Å². The van der Waals surface area contributed by atoms with Crippen LogP contribution in [0.1, 0.15) is 19.4 Å². The van der Waals surface area contributed by atoms with E-state index in [1.54, 1.807) is 0 Å². The summed E-state index contributed by atoms with van der Waals surface area (Å²) < 4.78 is 6.77. The molecule has 4 heteroatoms. The Balaban J connectivity index is 2.22. The molecule has 0 aliphatic rings. The first kappa shape index (κ1) is 14.7. The minimum atomic E-state index is 0.0982. The smallest absolute Gasteiger partial charge is 0.144 e. The van der Waals surface area contributed by atoms with Crippen LogP contribution in [0.25, 0.3) is 0 Å². The lowest BCUT2D eigenvalue weighted by molar-refractivity contribution is 0.244. The fourth-order valence-corrected chi connectivity index (χ4v) is 2.18. The Morgan fingerprint density at radius 2 is 1.75 bits per heavy atom. The molecule has 0 unspecified atom stereocenters. The molecule has 0 amide bonds. The molecule has 2 aromatic carbocycles. The Labute approximate surface area is 128 Å². The summed E-state index contributed by atoms with van der Waals surface area (Å²) in [6.07, 6.45) is 0.0982. The van der Waals surface area contributed by atoms with Gasteiger partial charge in [-0.2, -0.15) is 0 Å².